The van der Waals surface area contributed by atoms with Crippen LogP contribution in [0.25, 0.3) is 5.69 Å². The number of carbonyl (C=O) groups is 1. The molecule has 0 radical (unpaired) electrons. The molecule has 3 aromatic rings. The second-order valence-corrected chi connectivity index (χ2v) is 6.38. The molecule has 6 nitrogen and oxygen atoms in total. The minimum absolute atomic E-state index is 0.186. The highest BCUT2D eigenvalue weighted by atomic mass is 16.5. The fourth-order valence-electron chi connectivity index (χ4n) is 2.93. The highest BCUT2D eigenvalue weighted by molar-refractivity contribution is 5.90. The highest BCUT2D eigenvalue weighted by Gasteiger charge is 2.12. The van der Waals surface area contributed by atoms with Crippen molar-refractivity contribution in [2.45, 2.75) is 27.4 Å². The lowest BCUT2D eigenvalue weighted by molar-refractivity contribution is 0.0472. The van der Waals surface area contributed by atoms with Crippen LogP contribution in [0.4, 0.5) is 0 Å². The van der Waals surface area contributed by atoms with Crippen molar-refractivity contribution in [3.8, 4) is 17.2 Å². The molecule has 0 unspecified atom stereocenters. The molecule has 3 rings (SSSR count). The lowest BCUT2D eigenvalue weighted by atomic mass is 10.2. The second kappa shape index (κ2) is 8.61. The normalized spacial score (nSPS) is 10.6. The van der Waals surface area contributed by atoms with E-state index in [-0.39, 0.29) is 6.61 Å². The predicted molar refractivity (Wildman–Crippen MR) is 106 cm³/mol. The summed E-state index contributed by atoms with van der Waals surface area (Å²) in [5, 5.41) is 4.47. The zero-order valence-corrected chi connectivity index (χ0v) is 16.6. The summed E-state index contributed by atoms with van der Waals surface area (Å²) in [5.74, 6) is 0.691. The summed E-state index contributed by atoms with van der Waals surface area (Å²) in [6, 6.07) is 14.8. The number of hydrogen-bond donors (Lipinski definition) is 0. The summed E-state index contributed by atoms with van der Waals surface area (Å²) in [4.78, 5) is 12.4. The Morgan fingerprint density at radius 2 is 1.79 bits per heavy atom. The molecule has 0 aliphatic heterocycles. The number of aromatic nitrogens is 2. The van der Waals surface area contributed by atoms with Gasteiger partial charge in [0, 0.05) is 5.69 Å². The molecule has 0 amide bonds. The van der Waals surface area contributed by atoms with Gasteiger partial charge in [-0.1, -0.05) is 12.1 Å². The average Bonchev–Trinajstić information content (AvgIpc) is 3.05. The van der Waals surface area contributed by atoms with Crippen LogP contribution in [0.3, 0.4) is 0 Å². The molecule has 0 N–H and O–H groups in total. The smallest absolute Gasteiger partial charge is 0.338 e. The van der Waals surface area contributed by atoms with Crippen LogP contribution < -0.4 is 9.47 Å². The van der Waals surface area contributed by atoms with Gasteiger partial charge in [-0.15, -0.1) is 0 Å². The van der Waals surface area contributed by atoms with Crippen LogP contribution in [0.15, 0.2) is 48.5 Å². The summed E-state index contributed by atoms with van der Waals surface area (Å²) in [7, 11) is 1.54. The van der Waals surface area contributed by atoms with E-state index in [2.05, 4.69) is 5.10 Å². The van der Waals surface area contributed by atoms with Crippen molar-refractivity contribution in [1.29, 1.82) is 0 Å². The minimum atomic E-state index is -0.413. The second-order valence-electron chi connectivity index (χ2n) is 6.38. The number of methoxy groups -OCH3 is 1. The Bertz CT molecular complexity index is 961. The minimum Gasteiger partial charge on any atom is -0.493 e. The Hall–Kier alpha value is -3.28. The molecule has 0 saturated carbocycles. The first-order valence-corrected chi connectivity index (χ1v) is 9.12. The van der Waals surface area contributed by atoms with Crippen LogP contribution in [0, 0.1) is 13.8 Å². The maximum Gasteiger partial charge on any atom is 0.338 e. The summed E-state index contributed by atoms with van der Waals surface area (Å²) < 4.78 is 18.1. The van der Waals surface area contributed by atoms with E-state index in [1.807, 2.05) is 55.8 Å². The van der Waals surface area contributed by atoms with Crippen LogP contribution in [-0.2, 0) is 11.3 Å². The lowest BCUT2D eigenvalue weighted by Crippen LogP contribution is -2.06. The van der Waals surface area contributed by atoms with Crippen molar-refractivity contribution < 1.29 is 19.0 Å². The van der Waals surface area contributed by atoms with Gasteiger partial charge in [0.1, 0.15) is 6.61 Å². The van der Waals surface area contributed by atoms with Gasteiger partial charge in [0.2, 0.25) is 0 Å². The highest BCUT2D eigenvalue weighted by Crippen LogP contribution is 2.28. The van der Waals surface area contributed by atoms with E-state index in [9.17, 15) is 4.79 Å². The first-order valence-electron chi connectivity index (χ1n) is 9.12. The molecule has 0 saturated heterocycles. The third kappa shape index (κ3) is 4.34. The standard InChI is InChI=1S/C22H24N2O4/c1-5-27-20-11-8-18(13-21(20)26-4)22(25)28-14-17-6-9-19(10-7-17)24-16(3)12-15(2)23-24/h6-13H,5,14H2,1-4H3. The number of benzene rings is 2. The lowest BCUT2D eigenvalue weighted by Gasteiger charge is -2.11. The number of rotatable bonds is 7. The number of esters is 1. The summed E-state index contributed by atoms with van der Waals surface area (Å²) >= 11 is 0. The first-order chi connectivity index (χ1) is 13.5. The zero-order valence-electron chi connectivity index (χ0n) is 16.6. The molecule has 2 aromatic carbocycles. The third-order valence-corrected chi connectivity index (χ3v) is 4.26. The molecular weight excluding hydrogens is 356 g/mol. The molecule has 0 fully saturated rings. The van der Waals surface area contributed by atoms with Crippen LogP contribution in [0.2, 0.25) is 0 Å². The quantitative estimate of drug-likeness (QED) is 0.573. The molecule has 0 bridgehead atoms. The van der Waals surface area contributed by atoms with Crippen molar-refractivity contribution >= 4 is 5.97 Å². The van der Waals surface area contributed by atoms with Gasteiger partial charge in [0.25, 0.3) is 0 Å². The van der Waals surface area contributed by atoms with Gasteiger partial charge in [-0.2, -0.15) is 5.10 Å². The molecule has 1 heterocycles. The molecule has 0 aliphatic carbocycles. The Morgan fingerprint density at radius 3 is 2.39 bits per heavy atom. The predicted octanol–water partition coefficient (Wildman–Crippen LogP) is 4.25. The molecule has 0 spiro atoms. The Kier molecular flexibility index (Phi) is 5.99. The number of ether oxygens (including phenoxy) is 3. The van der Waals surface area contributed by atoms with Crippen molar-refractivity contribution in [3.05, 3.63) is 71.0 Å². The van der Waals surface area contributed by atoms with E-state index in [0.717, 1.165) is 22.6 Å². The van der Waals surface area contributed by atoms with Gasteiger partial charge >= 0.3 is 5.97 Å². The van der Waals surface area contributed by atoms with Gasteiger partial charge in [-0.25, -0.2) is 9.48 Å². The van der Waals surface area contributed by atoms with E-state index in [1.54, 1.807) is 18.2 Å². The van der Waals surface area contributed by atoms with E-state index >= 15 is 0 Å². The zero-order chi connectivity index (χ0) is 20.1. The van der Waals surface area contributed by atoms with Crippen molar-refractivity contribution in [1.82, 2.24) is 9.78 Å². The third-order valence-electron chi connectivity index (χ3n) is 4.26. The molecule has 28 heavy (non-hydrogen) atoms. The van der Waals surface area contributed by atoms with Crippen LogP contribution in [0.1, 0.15) is 34.2 Å². The van der Waals surface area contributed by atoms with Crippen molar-refractivity contribution in [2.75, 3.05) is 13.7 Å². The molecule has 6 heteroatoms. The topological polar surface area (TPSA) is 62.6 Å². The SMILES string of the molecule is CCOc1ccc(C(=O)OCc2ccc(-n3nc(C)cc3C)cc2)cc1OC. The van der Waals surface area contributed by atoms with Crippen molar-refractivity contribution in [3.63, 3.8) is 0 Å². The van der Waals surface area contributed by atoms with Gasteiger partial charge in [0.15, 0.2) is 11.5 Å². The van der Waals surface area contributed by atoms with Crippen LogP contribution in [0.5, 0.6) is 11.5 Å². The monoisotopic (exact) mass is 380 g/mol. The fourth-order valence-corrected chi connectivity index (χ4v) is 2.93. The van der Waals surface area contributed by atoms with E-state index in [0.29, 0.717) is 23.7 Å². The number of hydrogen-bond acceptors (Lipinski definition) is 5. The largest absolute Gasteiger partial charge is 0.493 e. The number of carbonyl (C=O) groups excluding carboxylic acids is 1. The fraction of sp³-hybridized carbons (Fsp3) is 0.273. The first kappa shape index (κ1) is 19.5. The van der Waals surface area contributed by atoms with Crippen LogP contribution in [-0.4, -0.2) is 29.5 Å². The Labute approximate surface area is 164 Å². The molecule has 1 aromatic heterocycles. The summed E-state index contributed by atoms with van der Waals surface area (Å²) in [6.07, 6.45) is 0. The molecule has 0 atom stereocenters. The molecule has 146 valence electrons. The van der Waals surface area contributed by atoms with Gasteiger partial charge in [-0.3, -0.25) is 0 Å². The summed E-state index contributed by atoms with van der Waals surface area (Å²) in [5.41, 5.74) is 4.33. The Morgan fingerprint density at radius 1 is 1.04 bits per heavy atom. The maximum absolute atomic E-state index is 12.4. The van der Waals surface area contributed by atoms with Crippen LogP contribution >= 0.6 is 0 Å². The molecule has 0 aliphatic rings. The van der Waals surface area contributed by atoms with E-state index < -0.39 is 5.97 Å². The number of aryl methyl sites for hydroxylation is 2. The van der Waals surface area contributed by atoms with Gasteiger partial charge in [-0.05, 0) is 62.7 Å². The maximum atomic E-state index is 12.4. The van der Waals surface area contributed by atoms with Gasteiger partial charge in [0.05, 0.1) is 30.7 Å². The number of nitrogens with zero attached hydrogens (tertiary/aromatic N) is 2. The molecular formula is C22H24N2O4. The average molecular weight is 380 g/mol. The van der Waals surface area contributed by atoms with E-state index in [1.165, 1.54) is 7.11 Å². The van der Waals surface area contributed by atoms with Crippen molar-refractivity contribution in [2.24, 2.45) is 0 Å². The Balaban J connectivity index is 1.65. The summed E-state index contributed by atoms with van der Waals surface area (Å²) in [6.45, 7) is 6.58. The van der Waals surface area contributed by atoms with Gasteiger partial charge < -0.3 is 14.2 Å². The van der Waals surface area contributed by atoms with E-state index in [4.69, 9.17) is 14.2 Å².